The van der Waals surface area contributed by atoms with Crippen LogP contribution in [0.25, 0.3) is 22.0 Å². The molecule has 2 aromatic carbocycles. The third kappa shape index (κ3) is 4.10. The fourth-order valence-corrected chi connectivity index (χ4v) is 4.68. The molecule has 1 heterocycles. The Morgan fingerprint density at radius 3 is 2.10 bits per heavy atom. The van der Waals surface area contributed by atoms with Gasteiger partial charge < -0.3 is 0 Å². The summed E-state index contributed by atoms with van der Waals surface area (Å²) in [4.78, 5) is 0. The van der Waals surface area contributed by atoms with Crippen molar-refractivity contribution in [2.75, 3.05) is 0 Å². The van der Waals surface area contributed by atoms with Crippen molar-refractivity contribution < 1.29 is 4.57 Å². The minimum Gasteiger partial charge on any atom is -0.200 e. The zero-order chi connectivity index (χ0) is 21.3. The fourth-order valence-electron chi connectivity index (χ4n) is 4.68. The number of hydrogen-bond acceptors (Lipinski definition) is 0. The lowest BCUT2D eigenvalue weighted by Crippen LogP contribution is -2.31. The van der Waals surface area contributed by atoms with Gasteiger partial charge in [0.25, 0.3) is 0 Å². The summed E-state index contributed by atoms with van der Waals surface area (Å²) in [5.74, 6) is 1.69. The first-order valence-electron chi connectivity index (χ1n) is 11.3. The van der Waals surface area contributed by atoms with E-state index in [1.165, 1.54) is 57.1 Å². The van der Waals surface area contributed by atoms with Crippen LogP contribution in [0.15, 0.2) is 42.6 Å². The van der Waals surface area contributed by atoms with Crippen molar-refractivity contribution in [3.63, 3.8) is 0 Å². The van der Waals surface area contributed by atoms with Gasteiger partial charge in [0, 0.05) is 6.07 Å². The van der Waals surface area contributed by atoms with Crippen LogP contribution in [0.4, 0.5) is 0 Å². The van der Waals surface area contributed by atoms with Crippen molar-refractivity contribution in [3.8, 4) is 11.3 Å². The van der Waals surface area contributed by atoms with Crippen molar-refractivity contribution >= 4 is 10.8 Å². The van der Waals surface area contributed by atoms with Gasteiger partial charge in [-0.25, -0.2) is 4.57 Å². The van der Waals surface area contributed by atoms with Crippen LogP contribution in [0.2, 0.25) is 0 Å². The monoisotopic (exact) mass is 388 g/mol. The Morgan fingerprint density at radius 1 is 0.828 bits per heavy atom. The predicted molar refractivity (Wildman–Crippen MR) is 127 cm³/mol. The van der Waals surface area contributed by atoms with Gasteiger partial charge in [-0.05, 0) is 77.3 Å². The standard InChI is InChI=1S/C28H38N/c1-9-21(10-2)22-11-12-25-23(15-22)13-14-29(8)28(25)27-17-24(18(3)4)16-26(19(5)6)20(27)7/h11-19,21H,9-10H2,1-8H3/q+1. The lowest BCUT2D eigenvalue weighted by atomic mass is 9.86. The first-order valence-corrected chi connectivity index (χ1v) is 11.3. The van der Waals surface area contributed by atoms with Crippen molar-refractivity contribution in [3.05, 3.63) is 64.8 Å². The molecule has 0 bridgehead atoms. The van der Waals surface area contributed by atoms with E-state index in [0.29, 0.717) is 17.8 Å². The van der Waals surface area contributed by atoms with Gasteiger partial charge in [0.2, 0.25) is 5.69 Å². The average Bonchev–Trinajstić information content (AvgIpc) is 2.69. The largest absolute Gasteiger partial charge is 0.220 e. The Kier molecular flexibility index (Phi) is 6.46. The van der Waals surface area contributed by atoms with Crippen molar-refractivity contribution in [1.29, 1.82) is 0 Å². The molecule has 0 atom stereocenters. The van der Waals surface area contributed by atoms with Crippen LogP contribution >= 0.6 is 0 Å². The smallest absolute Gasteiger partial charge is 0.200 e. The van der Waals surface area contributed by atoms with E-state index in [-0.39, 0.29) is 0 Å². The number of fused-ring (bicyclic) bond motifs is 1. The topological polar surface area (TPSA) is 3.88 Å². The second kappa shape index (κ2) is 8.69. The molecule has 3 rings (SSSR count). The highest BCUT2D eigenvalue weighted by Crippen LogP contribution is 2.36. The molecule has 154 valence electrons. The molecule has 0 aliphatic rings. The molecule has 1 nitrogen and oxygen atoms in total. The molecule has 0 spiro atoms. The van der Waals surface area contributed by atoms with Gasteiger partial charge in [-0.1, -0.05) is 59.7 Å². The van der Waals surface area contributed by atoms with E-state index in [2.05, 4.69) is 103 Å². The molecular formula is C28H38N+. The number of rotatable bonds is 6. The van der Waals surface area contributed by atoms with E-state index in [9.17, 15) is 0 Å². The third-order valence-corrected chi connectivity index (χ3v) is 6.63. The van der Waals surface area contributed by atoms with E-state index < -0.39 is 0 Å². The van der Waals surface area contributed by atoms with Crippen LogP contribution < -0.4 is 4.57 Å². The zero-order valence-electron chi connectivity index (χ0n) is 19.6. The fraction of sp³-hybridized carbons (Fsp3) is 0.464. The van der Waals surface area contributed by atoms with Gasteiger partial charge in [0.15, 0.2) is 6.20 Å². The summed E-state index contributed by atoms with van der Waals surface area (Å²) in [7, 11) is 2.18. The lowest BCUT2D eigenvalue weighted by Gasteiger charge is -2.19. The average molecular weight is 389 g/mol. The summed E-state index contributed by atoms with van der Waals surface area (Å²) in [5.41, 5.74) is 8.50. The van der Waals surface area contributed by atoms with Gasteiger partial charge in [-0.15, -0.1) is 0 Å². The maximum atomic E-state index is 2.43. The van der Waals surface area contributed by atoms with Crippen LogP contribution in [0.3, 0.4) is 0 Å². The molecule has 0 radical (unpaired) electrons. The molecule has 29 heavy (non-hydrogen) atoms. The van der Waals surface area contributed by atoms with E-state index in [1.54, 1.807) is 0 Å². The van der Waals surface area contributed by atoms with Crippen LogP contribution in [-0.2, 0) is 7.05 Å². The molecule has 0 saturated carbocycles. The number of pyridine rings is 1. The first kappa shape index (κ1) is 21.6. The van der Waals surface area contributed by atoms with Crippen LogP contribution in [0.5, 0.6) is 0 Å². The molecule has 0 amide bonds. The number of nitrogens with zero attached hydrogens (tertiary/aromatic N) is 1. The van der Waals surface area contributed by atoms with Gasteiger partial charge in [-0.3, -0.25) is 0 Å². The second-order valence-corrected chi connectivity index (χ2v) is 9.23. The van der Waals surface area contributed by atoms with Gasteiger partial charge in [-0.2, -0.15) is 0 Å². The van der Waals surface area contributed by atoms with E-state index in [4.69, 9.17) is 0 Å². The van der Waals surface area contributed by atoms with E-state index in [1.807, 2.05) is 0 Å². The van der Waals surface area contributed by atoms with Gasteiger partial charge >= 0.3 is 0 Å². The summed E-state index contributed by atoms with van der Waals surface area (Å²) in [5, 5.41) is 2.70. The Hall–Kier alpha value is -2.15. The van der Waals surface area contributed by atoms with Crippen molar-refractivity contribution in [2.24, 2.45) is 7.05 Å². The van der Waals surface area contributed by atoms with Crippen molar-refractivity contribution in [2.45, 2.75) is 79.1 Å². The molecule has 0 aliphatic heterocycles. The van der Waals surface area contributed by atoms with Crippen LogP contribution in [0, 0.1) is 6.92 Å². The normalized spacial score (nSPS) is 12.0. The maximum absolute atomic E-state index is 2.43. The Bertz CT molecular complexity index is 1010. The third-order valence-electron chi connectivity index (χ3n) is 6.63. The quantitative estimate of drug-likeness (QED) is 0.379. The molecule has 0 N–H and O–H groups in total. The van der Waals surface area contributed by atoms with E-state index in [0.717, 1.165) is 0 Å². The molecule has 0 saturated heterocycles. The summed E-state index contributed by atoms with van der Waals surface area (Å²) in [6.07, 6.45) is 4.62. The highest BCUT2D eigenvalue weighted by molar-refractivity contribution is 5.94. The Morgan fingerprint density at radius 2 is 1.52 bits per heavy atom. The molecular weight excluding hydrogens is 350 g/mol. The molecule has 0 fully saturated rings. The zero-order valence-corrected chi connectivity index (χ0v) is 19.6. The SMILES string of the molecule is CCC(CC)c1ccc2c(-c3cc(C(C)C)cc(C(C)C)c3C)[n+](C)ccc2c1. The molecule has 0 unspecified atom stereocenters. The lowest BCUT2D eigenvalue weighted by molar-refractivity contribution is -0.659. The van der Waals surface area contributed by atoms with Crippen LogP contribution in [-0.4, -0.2) is 0 Å². The minimum atomic E-state index is 0.522. The van der Waals surface area contributed by atoms with E-state index >= 15 is 0 Å². The summed E-state index contributed by atoms with van der Waals surface area (Å²) >= 11 is 0. The predicted octanol–water partition coefficient (Wildman–Crippen LogP) is 7.79. The number of aryl methyl sites for hydroxylation is 1. The maximum Gasteiger partial charge on any atom is 0.220 e. The summed E-state index contributed by atoms with van der Waals surface area (Å²) in [6.45, 7) is 16.1. The molecule has 0 aliphatic carbocycles. The summed E-state index contributed by atoms with van der Waals surface area (Å²) < 4.78 is 2.30. The number of benzene rings is 2. The Balaban J connectivity index is 2.31. The summed E-state index contributed by atoms with van der Waals surface area (Å²) in [6, 6.07) is 14.3. The van der Waals surface area contributed by atoms with Crippen molar-refractivity contribution in [1.82, 2.24) is 0 Å². The minimum absolute atomic E-state index is 0.522. The van der Waals surface area contributed by atoms with Gasteiger partial charge in [0.1, 0.15) is 7.05 Å². The number of hydrogen-bond donors (Lipinski definition) is 0. The highest BCUT2D eigenvalue weighted by atomic mass is 14.9. The number of aromatic nitrogens is 1. The first-order chi connectivity index (χ1) is 13.8. The molecule has 3 aromatic rings. The van der Waals surface area contributed by atoms with Crippen LogP contribution in [0.1, 0.15) is 94.4 Å². The molecule has 1 heteroatoms. The second-order valence-electron chi connectivity index (χ2n) is 9.23. The van der Waals surface area contributed by atoms with Gasteiger partial charge in [0.05, 0.1) is 10.9 Å². The Labute approximate surface area is 177 Å². The highest BCUT2D eigenvalue weighted by Gasteiger charge is 2.22. The molecule has 1 aromatic heterocycles.